The molecule has 96 valence electrons. The maximum absolute atomic E-state index is 13.2. The summed E-state index contributed by atoms with van der Waals surface area (Å²) < 4.78 is 20.1. The van der Waals surface area contributed by atoms with Gasteiger partial charge in [0.2, 0.25) is 5.88 Å². The van der Waals surface area contributed by atoms with Crippen molar-refractivity contribution in [2.75, 3.05) is 13.7 Å². The lowest BCUT2D eigenvalue weighted by Gasteiger charge is -2.08. The van der Waals surface area contributed by atoms with Crippen LogP contribution in [0.5, 0.6) is 5.88 Å². The molecule has 0 amide bonds. The summed E-state index contributed by atoms with van der Waals surface area (Å²) in [5.41, 5.74) is 7.11. The van der Waals surface area contributed by atoms with E-state index in [4.69, 9.17) is 10.5 Å². The van der Waals surface area contributed by atoms with Gasteiger partial charge in [-0.2, -0.15) is 5.10 Å². The van der Waals surface area contributed by atoms with Crippen LogP contribution < -0.4 is 10.5 Å². The van der Waals surface area contributed by atoms with Crippen LogP contribution in [0.1, 0.15) is 12.0 Å². The van der Waals surface area contributed by atoms with Crippen LogP contribution in [0, 0.1) is 5.82 Å². The van der Waals surface area contributed by atoms with Gasteiger partial charge in [-0.1, -0.05) is 6.07 Å². The van der Waals surface area contributed by atoms with Crippen LogP contribution in [0.3, 0.4) is 0 Å². The molecule has 0 fully saturated rings. The van der Waals surface area contributed by atoms with Crippen LogP contribution in [0.15, 0.2) is 30.5 Å². The Bertz CT molecular complexity index is 525. The molecule has 2 N–H and O–H groups in total. The predicted molar refractivity (Wildman–Crippen MR) is 67.4 cm³/mol. The third kappa shape index (κ3) is 2.51. The first kappa shape index (κ1) is 12.6. The molecule has 0 saturated carbocycles. The molecule has 0 bridgehead atoms. The van der Waals surface area contributed by atoms with E-state index in [9.17, 15) is 4.39 Å². The maximum atomic E-state index is 13.2. The van der Waals surface area contributed by atoms with Crippen molar-refractivity contribution in [2.24, 2.45) is 5.73 Å². The number of hydrogen-bond acceptors (Lipinski definition) is 3. The second-order valence-electron chi connectivity index (χ2n) is 3.96. The van der Waals surface area contributed by atoms with Crippen LogP contribution >= 0.6 is 0 Å². The van der Waals surface area contributed by atoms with E-state index >= 15 is 0 Å². The molecule has 0 atom stereocenters. The second-order valence-corrected chi connectivity index (χ2v) is 3.96. The molecule has 0 saturated heterocycles. The summed E-state index contributed by atoms with van der Waals surface area (Å²) in [6.07, 6.45) is 3.40. The summed E-state index contributed by atoms with van der Waals surface area (Å²) in [5, 5.41) is 4.24. The Hall–Kier alpha value is -1.88. The Labute approximate surface area is 105 Å². The fraction of sp³-hybridized carbons (Fsp3) is 0.308. The Morgan fingerprint density at radius 2 is 2.28 bits per heavy atom. The zero-order chi connectivity index (χ0) is 13.0. The molecule has 5 heteroatoms. The third-order valence-electron chi connectivity index (χ3n) is 2.69. The average molecular weight is 249 g/mol. The number of halogens is 1. The number of nitrogens with zero attached hydrogens (tertiary/aromatic N) is 2. The lowest BCUT2D eigenvalue weighted by atomic mass is 10.2. The standard InChI is InChI=1S/C13H16FN3O/c1-18-13-10(4-3-7-15)9-16-17(13)12-6-2-5-11(14)8-12/h2,5-6,8-9H,3-4,7,15H2,1H3. The van der Waals surface area contributed by atoms with Crippen molar-refractivity contribution in [3.8, 4) is 11.6 Å². The zero-order valence-corrected chi connectivity index (χ0v) is 10.3. The van der Waals surface area contributed by atoms with E-state index < -0.39 is 0 Å². The van der Waals surface area contributed by atoms with Gasteiger partial charge in [0, 0.05) is 5.56 Å². The van der Waals surface area contributed by atoms with Gasteiger partial charge in [0.15, 0.2) is 0 Å². The van der Waals surface area contributed by atoms with Gasteiger partial charge in [0.1, 0.15) is 5.82 Å². The van der Waals surface area contributed by atoms with Crippen LogP contribution in [0.2, 0.25) is 0 Å². The van der Waals surface area contributed by atoms with Gasteiger partial charge in [-0.05, 0) is 37.6 Å². The van der Waals surface area contributed by atoms with E-state index in [1.807, 2.05) is 0 Å². The van der Waals surface area contributed by atoms with Gasteiger partial charge in [-0.25, -0.2) is 9.07 Å². The van der Waals surface area contributed by atoms with E-state index in [1.54, 1.807) is 30.1 Å². The Balaban J connectivity index is 2.36. The van der Waals surface area contributed by atoms with Crippen molar-refractivity contribution in [1.82, 2.24) is 9.78 Å². The molecule has 18 heavy (non-hydrogen) atoms. The molecule has 1 heterocycles. The third-order valence-corrected chi connectivity index (χ3v) is 2.69. The SMILES string of the molecule is COc1c(CCCN)cnn1-c1cccc(F)c1. The minimum absolute atomic E-state index is 0.298. The fourth-order valence-electron chi connectivity index (χ4n) is 1.84. The molecule has 0 aliphatic heterocycles. The molecular weight excluding hydrogens is 233 g/mol. The highest BCUT2D eigenvalue weighted by Crippen LogP contribution is 2.23. The lowest BCUT2D eigenvalue weighted by Crippen LogP contribution is -2.03. The molecule has 0 spiro atoms. The molecule has 2 aromatic rings. The number of hydrogen-bond donors (Lipinski definition) is 1. The molecule has 0 aliphatic rings. The van der Waals surface area contributed by atoms with Crippen molar-refractivity contribution in [2.45, 2.75) is 12.8 Å². The van der Waals surface area contributed by atoms with Gasteiger partial charge < -0.3 is 10.5 Å². The van der Waals surface area contributed by atoms with E-state index in [2.05, 4.69) is 5.10 Å². The number of nitrogens with two attached hydrogens (primary N) is 1. The number of methoxy groups -OCH3 is 1. The largest absolute Gasteiger partial charge is 0.481 e. The van der Waals surface area contributed by atoms with E-state index in [-0.39, 0.29) is 5.82 Å². The van der Waals surface area contributed by atoms with Gasteiger partial charge in [-0.3, -0.25) is 0 Å². The minimum atomic E-state index is -0.298. The van der Waals surface area contributed by atoms with Gasteiger partial charge in [0.05, 0.1) is 19.0 Å². The zero-order valence-electron chi connectivity index (χ0n) is 10.3. The molecule has 0 radical (unpaired) electrons. The second kappa shape index (κ2) is 5.64. The molecule has 2 rings (SSSR count). The number of aryl methyl sites for hydroxylation is 1. The highest BCUT2D eigenvalue weighted by molar-refractivity contribution is 5.38. The van der Waals surface area contributed by atoms with Crippen molar-refractivity contribution in [1.29, 1.82) is 0 Å². The monoisotopic (exact) mass is 249 g/mol. The van der Waals surface area contributed by atoms with Gasteiger partial charge in [0.25, 0.3) is 0 Å². The van der Waals surface area contributed by atoms with E-state index in [0.29, 0.717) is 18.1 Å². The summed E-state index contributed by atoms with van der Waals surface area (Å²) in [6, 6.07) is 6.24. The van der Waals surface area contributed by atoms with Crippen LogP contribution in [0.25, 0.3) is 5.69 Å². The molecular formula is C13H16FN3O. The first-order valence-electron chi connectivity index (χ1n) is 5.83. The predicted octanol–water partition coefficient (Wildman–Crippen LogP) is 1.91. The minimum Gasteiger partial charge on any atom is -0.481 e. The Morgan fingerprint density at radius 1 is 1.44 bits per heavy atom. The van der Waals surface area contributed by atoms with E-state index in [0.717, 1.165) is 18.4 Å². The summed E-state index contributed by atoms with van der Waals surface area (Å²) in [7, 11) is 1.58. The number of aromatic nitrogens is 2. The van der Waals surface area contributed by atoms with Gasteiger partial charge >= 0.3 is 0 Å². The fourth-order valence-corrected chi connectivity index (χ4v) is 1.84. The highest BCUT2D eigenvalue weighted by atomic mass is 19.1. The Morgan fingerprint density at radius 3 is 2.94 bits per heavy atom. The van der Waals surface area contributed by atoms with Gasteiger partial charge in [-0.15, -0.1) is 0 Å². The summed E-state index contributed by atoms with van der Waals surface area (Å²) in [6.45, 7) is 0.619. The number of ether oxygens (including phenoxy) is 1. The quantitative estimate of drug-likeness (QED) is 0.880. The number of benzene rings is 1. The van der Waals surface area contributed by atoms with Crippen LogP contribution in [-0.2, 0) is 6.42 Å². The molecule has 1 aromatic carbocycles. The Kier molecular flexibility index (Phi) is 3.94. The molecule has 0 unspecified atom stereocenters. The van der Waals surface area contributed by atoms with Crippen LogP contribution in [0.4, 0.5) is 4.39 Å². The van der Waals surface area contributed by atoms with Crippen molar-refractivity contribution in [3.63, 3.8) is 0 Å². The maximum Gasteiger partial charge on any atom is 0.219 e. The van der Waals surface area contributed by atoms with Crippen molar-refractivity contribution < 1.29 is 9.13 Å². The summed E-state index contributed by atoms with van der Waals surface area (Å²) in [4.78, 5) is 0. The van der Waals surface area contributed by atoms with E-state index in [1.165, 1.54) is 12.1 Å². The van der Waals surface area contributed by atoms with Crippen molar-refractivity contribution in [3.05, 3.63) is 41.8 Å². The van der Waals surface area contributed by atoms with Crippen molar-refractivity contribution >= 4 is 0 Å². The topological polar surface area (TPSA) is 53.1 Å². The lowest BCUT2D eigenvalue weighted by molar-refractivity contribution is 0.379. The summed E-state index contributed by atoms with van der Waals surface area (Å²) >= 11 is 0. The molecule has 4 nitrogen and oxygen atoms in total. The normalized spacial score (nSPS) is 10.6. The van der Waals surface area contributed by atoms with Crippen LogP contribution in [-0.4, -0.2) is 23.4 Å². The molecule has 0 aliphatic carbocycles. The first-order valence-corrected chi connectivity index (χ1v) is 5.83. The average Bonchev–Trinajstić information content (AvgIpc) is 2.79. The smallest absolute Gasteiger partial charge is 0.219 e. The highest BCUT2D eigenvalue weighted by Gasteiger charge is 2.12. The summed E-state index contributed by atoms with van der Waals surface area (Å²) in [5.74, 6) is 0.336. The number of rotatable bonds is 5. The molecule has 1 aromatic heterocycles. The first-order chi connectivity index (χ1) is 8.76.